The molecule has 30 heavy (non-hydrogen) atoms. The summed E-state index contributed by atoms with van der Waals surface area (Å²) in [4.78, 5) is 2.27. The number of nitrogens with zero attached hydrogens (tertiary/aromatic N) is 3. The summed E-state index contributed by atoms with van der Waals surface area (Å²) in [6.45, 7) is 12.5. The molecule has 1 unspecified atom stereocenters. The lowest BCUT2D eigenvalue weighted by Crippen LogP contribution is -2.33. The predicted molar refractivity (Wildman–Crippen MR) is 121 cm³/mol. The average molecular weight is 408 g/mol. The van der Waals surface area contributed by atoms with E-state index in [0.29, 0.717) is 19.0 Å². The topological polar surface area (TPSA) is 50.5 Å². The molecule has 3 rings (SSSR count). The lowest BCUT2D eigenvalue weighted by atomic mass is 10.1. The van der Waals surface area contributed by atoms with Gasteiger partial charge in [0.1, 0.15) is 5.75 Å². The van der Waals surface area contributed by atoms with Crippen molar-refractivity contribution in [3.05, 3.63) is 71.4 Å². The molecule has 0 radical (unpaired) electrons. The number of para-hydroxylation sites is 1. The molecule has 160 valence electrons. The summed E-state index contributed by atoms with van der Waals surface area (Å²) in [5.41, 5.74) is 4.12. The number of hydrogen-bond donors (Lipinski definition) is 1. The first-order chi connectivity index (χ1) is 14.3. The Morgan fingerprint density at radius 2 is 1.63 bits per heavy atom. The quantitative estimate of drug-likeness (QED) is 0.535. The Morgan fingerprint density at radius 1 is 0.967 bits per heavy atom. The molecule has 5 nitrogen and oxygen atoms in total. The van der Waals surface area contributed by atoms with Gasteiger partial charge in [-0.25, -0.2) is 4.68 Å². The van der Waals surface area contributed by atoms with Gasteiger partial charge in [-0.05, 0) is 51.0 Å². The molecule has 0 amide bonds. The largest absolute Gasteiger partial charge is 0.439 e. The summed E-state index contributed by atoms with van der Waals surface area (Å²) >= 11 is 0. The van der Waals surface area contributed by atoms with Gasteiger partial charge in [-0.1, -0.05) is 49.7 Å². The van der Waals surface area contributed by atoms with Crippen LogP contribution in [0.4, 0.5) is 0 Å². The van der Waals surface area contributed by atoms with Crippen LogP contribution in [0.3, 0.4) is 0 Å². The van der Waals surface area contributed by atoms with Gasteiger partial charge in [0.05, 0.1) is 23.0 Å². The number of rotatable bonds is 9. The van der Waals surface area contributed by atoms with Crippen LogP contribution in [0.1, 0.15) is 37.6 Å². The van der Waals surface area contributed by atoms with Crippen LogP contribution in [0.15, 0.2) is 54.6 Å². The Morgan fingerprint density at radius 3 is 2.23 bits per heavy atom. The van der Waals surface area contributed by atoms with Gasteiger partial charge in [0.25, 0.3) is 0 Å². The third kappa shape index (κ3) is 5.71. The smallest absolute Gasteiger partial charge is 0.227 e. The summed E-state index contributed by atoms with van der Waals surface area (Å²) in [7, 11) is 0. The van der Waals surface area contributed by atoms with Crippen LogP contribution < -0.4 is 4.74 Å². The number of hydrogen-bond acceptors (Lipinski definition) is 4. The summed E-state index contributed by atoms with van der Waals surface area (Å²) in [5.74, 6) is 2.00. The molecule has 0 aliphatic heterocycles. The van der Waals surface area contributed by atoms with Gasteiger partial charge in [0, 0.05) is 19.6 Å². The van der Waals surface area contributed by atoms with E-state index >= 15 is 0 Å². The molecule has 3 aromatic rings. The highest BCUT2D eigenvalue weighted by molar-refractivity contribution is 5.43. The average Bonchev–Trinajstić information content (AvgIpc) is 2.99. The fraction of sp³-hybridized carbons (Fsp3) is 0.400. The fourth-order valence-electron chi connectivity index (χ4n) is 3.60. The van der Waals surface area contributed by atoms with E-state index in [0.717, 1.165) is 35.1 Å². The monoisotopic (exact) mass is 407 g/mol. The minimum absolute atomic E-state index is 0.394. The van der Waals surface area contributed by atoms with Gasteiger partial charge < -0.3 is 9.84 Å². The van der Waals surface area contributed by atoms with Crippen molar-refractivity contribution >= 4 is 0 Å². The van der Waals surface area contributed by atoms with Crippen LogP contribution in [0, 0.1) is 19.8 Å². The lowest BCUT2D eigenvalue weighted by molar-refractivity contribution is 0.114. The maximum absolute atomic E-state index is 10.0. The first-order valence-electron chi connectivity index (χ1n) is 10.6. The number of aliphatic hydroxyl groups is 1. The Labute approximate surface area is 179 Å². The highest BCUT2D eigenvalue weighted by Gasteiger charge is 2.22. The van der Waals surface area contributed by atoms with Crippen molar-refractivity contribution < 1.29 is 9.84 Å². The molecule has 1 N–H and O–H groups in total. The van der Waals surface area contributed by atoms with Crippen LogP contribution in [-0.4, -0.2) is 39.0 Å². The van der Waals surface area contributed by atoms with Crippen molar-refractivity contribution in [1.82, 2.24) is 14.7 Å². The Hall–Kier alpha value is -2.63. The molecular weight excluding hydrogens is 374 g/mol. The Bertz CT molecular complexity index is 921. The zero-order chi connectivity index (χ0) is 21.7. The van der Waals surface area contributed by atoms with E-state index in [9.17, 15) is 5.11 Å². The van der Waals surface area contributed by atoms with Crippen LogP contribution in [0.2, 0.25) is 0 Å². The first-order valence-corrected chi connectivity index (χ1v) is 10.6. The van der Waals surface area contributed by atoms with E-state index in [-0.39, 0.29) is 0 Å². The molecule has 2 aromatic carbocycles. The van der Waals surface area contributed by atoms with Crippen molar-refractivity contribution in [3.8, 4) is 17.3 Å². The van der Waals surface area contributed by atoms with Gasteiger partial charge in [0.2, 0.25) is 5.88 Å². The molecule has 0 saturated carbocycles. The third-order valence-corrected chi connectivity index (χ3v) is 4.90. The zero-order valence-electron chi connectivity index (χ0n) is 18.7. The fourth-order valence-corrected chi connectivity index (χ4v) is 3.60. The summed E-state index contributed by atoms with van der Waals surface area (Å²) in [6.07, 6.45) is -0.394. The minimum Gasteiger partial charge on any atom is -0.439 e. The summed E-state index contributed by atoms with van der Waals surface area (Å²) in [5, 5.41) is 14.8. The van der Waals surface area contributed by atoms with Gasteiger partial charge in [0.15, 0.2) is 0 Å². The van der Waals surface area contributed by atoms with Gasteiger partial charge >= 0.3 is 0 Å². The number of benzene rings is 2. The Balaban J connectivity index is 2.02. The second-order valence-electron chi connectivity index (χ2n) is 8.47. The number of ether oxygens (including phenoxy) is 1. The molecule has 5 heteroatoms. The van der Waals surface area contributed by atoms with Crippen molar-refractivity contribution in [1.29, 1.82) is 0 Å². The van der Waals surface area contributed by atoms with Crippen molar-refractivity contribution in [2.75, 3.05) is 13.1 Å². The molecule has 1 atom stereocenters. The molecule has 0 spiro atoms. The van der Waals surface area contributed by atoms with E-state index in [1.165, 1.54) is 5.56 Å². The van der Waals surface area contributed by atoms with Gasteiger partial charge in [-0.15, -0.1) is 0 Å². The van der Waals surface area contributed by atoms with E-state index in [2.05, 4.69) is 25.7 Å². The first kappa shape index (κ1) is 22.1. The maximum atomic E-state index is 10.0. The molecule has 0 aliphatic carbocycles. The summed E-state index contributed by atoms with van der Waals surface area (Å²) < 4.78 is 8.27. The molecule has 0 bridgehead atoms. The van der Waals surface area contributed by atoms with E-state index in [1.807, 2.05) is 73.1 Å². The second-order valence-corrected chi connectivity index (χ2v) is 8.47. The molecule has 1 heterocycles. The predicted octanol–water partition coefficient (Wildman–Crippen LogP) is 5.12. The van der Waals surface area contributed by atoms with Gasteiger partial charge in [-0.3, -0.25) is 4.90 Å². The van der Waals surface area contributed by atoms with E-state index in [1.54, 1.807) is 0 Å². The standard InChI is InChI=1S/C25H33N3O2/c1-18(2)15-27(16-20(4)29)17-24-21(5)26-28(22-9-7-6-8-10-22)25(24)30-23-13-11-19(3)12-14-23/h6-14,18,20,29H,15-17H2,1-5H3. The van der Waals surface area contributed by atoms with Crippen molar-refractivity contribution in [2.24, 2.45) is 5.92 Å². The number of aryl methyl sites for hydroxylation is 2. The van der Waals surface area contributed by atoms with Crippen molar-refractivity contribution in [2.45, 2.75) is 47.3 Å². The van der Waals surface area contributed by atoms with Crippen LogP contribution in [0.5, 0.6) is 11.6 Å². The number of aliphatic hydroxyl groups excluding tert-OH is 1. The Kier molecular flexibility index (Phi) is 7.29. The SMILES string of the molecule is Cc1ccc(Oc2c(CN(CC(C)C)CC(C)O)c(C)nn2-c2ccccc2)cc1. The van der Waals surface area contributed by atoms with Gasteiger partial charge in [-0.2, -0.15) is 5.10 Å². The molecule has 0 fully saturated rings. The number of aromatic nitrogens is 2. The molecule has 1 aromatic heterocycles. The second kappa shape index (κ2) is 9.92. The molecule has 0 saturated heterocycles. The lowest BCUT2D eigenvalue weighted by Gasteiger charge is -2.26. The maximum Gasteiger partial charge on any atom is 0.227 e. The summed E-state index contributed by atoms with van der Waals surface area (Å²) in [6, 6.07) is 18.1. The third-order valence-electron chi connectivity index (χ3n) is 4.90. The zero-order valence-corrected chi connectivity index (χ0v) is 18.7. The normalized spacial score (nSPS) is 12.5. The molecule has 0 aliphatic rings. The van der Waals surface area contributed by atoms with Crippen LogP contribution in [0.25, 0.3) is 5.69 Å². The minimum atomic E-state index is -0.394. The van der Waals surface area contributed by atoms with Crippen LogP contribution >= 0.6 is 0 Å². The van der Waals surface area contributed by atoms with E-state index < -0.39 is 6.10 Å². The highest BCUT2D eigenvalue weighted by Crippen LogP contribution is 2.32. The highest BCUT2D eigenvalue weighted by atomic mass is 16.5. The van der Waals surface area contributed by atoms with E-state index in [4.69, 9.17) is 9.84 Å². The molecular formula is C25H33N3O2. The van der Waals surface area contributed by atoms with Crippen molar-refractivity contribution in [3.63, 3.8) is 0 Å². The van der Waals surface area contributed by atoms with Crippen LogP contribution in [-0.2, 0) is 6.54 Å².